The Morgan fingerprint density at radius 1 is 1.09 bits per heavy atom. The fraction of sp³-hybridized carbons (Fsp3) is 0.278. The number of amides is 1. The minimum Gasteiger partial charge on any atom is -0.494 e. The number of benzene rings is 2. The summed E-state index contributed by atoms with van der Waals surface area (Å²) in [7, 11) is 0. The van der Waals surface area contributed by atoms with Crippen molar-refractivity contribution < 1.29 is 14.3 Å². The van der Waals surface area contributed by atoms with Crippen LogP contribution in [0.25, 0.3) is 0 Å². The van der Waals surface area contributed by atoms with E-state index in [1.807, 2.05) is 55.5 Å². The van der Waals surface area contributed by atoms with Gasteiger partial charge in [0.2, 0.25) is 5.91 Å². The topological polar surface area (TPSA) is 47.6 Å². The maximum atomic E-state index is 11.9. The Labute approximate surface area is 144 Å². The molecule has 0 aromatic heterocycles. The molecule has 0 spiro atoms. The summed E-state index contributed by atoms with van der Waals surface area (Å²) in [5.74, 6) is 1.58. The van der Waals surface area contributed by atoms with E-state index < -0.39 is 0 Å². The second-order valence-corrected chi connectivity index (χ2v) is 5.83. The third-order valence-electron chi connectivity index (χ3n) is 3.09. The van der Waals surface area contributed by atoms with Crippen LogP contribution in [0.2, 0.25) is 0 Å². The zero-order valence-corrected chi connectivity index (χ0v) is 14.6. The largest absolute Gasteiger partial charge is 0.494 e. The van der Waals surface area contributed by atoms with E-state index in [1.165, 1.54) is 0 Å². The van der Waals surface area contributed by atoms with Gasteiger partial charge >= 0.3 is 0 Å². The molecule has 0 bridgehead atoms. The van der Waals surface area contributed by atoms with Gasteiger partial charge in [-0.05, 0) is 42.8 Å². The molecule has 0 atom stereocenters. The van der Waals surface area contributed by atoms with Gasteiger partial charge in [0.25, 0.3) is 0 Å². The van der Waals surface area contributed by atoms with Crippen LogP contribution in [-0.4, -0.2) is 25.7 Å². The summed E-state index contributed by atoms with van der Waals surface area (Å²) in [4.78, 5) is 11.9. The first-order chi connectivity index (χ1) is 11.2. The zero-order valence-electron chi connectivity index (χ0n) is 13.0. The average Bonchev–Trinajstić information content (AvgIpc) is 2.54. The highest BCUT2D eigenvalue weighted by atomic mass is 79.9. The molecule has 0 heterocycles. The summed E-state index contributed by atoms with van der Waals surface area (Å²) in [6.07, 6.45) is 0.350. The van der Waals surface area contributed by atoms with E-state index in [-0.39, 0.29) is 5.91 Å². The van der Waals surface area contributed by atoms with Crippen molar-refractivity contribution >= 4 is 21.8 Å². The Balaban J connectivity index is 1.68. The fourth-order valence-electron chi connectivity index (χ4n) is 2.03. The second-order valence-electron chi connectivity index (χ2n) is 4.91. The van der Waals surface area contributed by atoms with Crippen LogP contribution < -0.4 is 14.8 Å². The van der Waals surface area contributed by atoms with Gasteiger partial charge < -0.3 is 14.8 Å². The fourth-order valence-corrected chi connectivity index (χ4v) is 2.41. The Morgan fingerprint density at radius 2 is 1.87 bits per heavy atom. The molecule has 23 heavy (non-hydrogen) atoms. The number of nitrogens with one attached hydrogen (secondary N) is 1. The quantitative estimate of drug-likeness (QED) is 0.715. The van der Waals surface area contributed by atoms with Crippen molar-refractivity contribution in [2.24, 2.45) is 0 Å². The van der Waals surface area contributed by atoms with Gasteiger partial charge in [-0.25, -0.2) is 0 Å². The molecule has 5 heteroatoms. The molecular formula is C18H20BrNO3. The van der Waals surface area contributed by atoms with Crippen LogP contribution in [0, 0.1) is 0 Å². The molecule has 0 aliphatic heterocycles. The molecule has 0 aliphatic rings. The van der Waals surface area contributed by atoms with Crippen LogP contribution in [0.5, 0.6) is 11.5 Å². The maximum absolute atomic E-state index is 11.9. The van der Waals surface area contributed by atoms with Gasteiger partial charge in [0.1, 0.15) is 18.1 Å². The standard InChI is InChI=1S/C18H20BrNO3/c1-2-22-16-8-6-14(7-9-16)12-18(21)20-10-11-23-17-5-3-4-15(19)13-17/h3-9,13H,2,10-12H2,1H3,(H,20,21). The van der Waals surface area contributed by atoms with Crippen molar-refractivity contribution in [1.29, 1.82) is 0 Å². The Bertz CT molecular complexity index is 628. The smallest absolute Gasteiger partial charge is 0.224 e. The van der Waals surface area contributed by atoms with E-state index >= 15 is 0 Å². The van der Waals surface area contributed by atoms with Crippen molar-refractivity contribution in [2.45, 2.75) is 13.3 Å². The summed E-state index contributed by atoms with van der Waals surface area (Å²) in [6.45, 7) is 3.49. The third kappa shape index (κ3) is 6.32. The molecular weight excluding hydrogens is 358 g/mol. The van der Waals surface area contributed by atoms with Gasteiger partial charge in [-0.15, -0.1) is 0 Å². The molecule has 1 N–H and O–H groups in total. The molecule has 2 aromatic rings. The monoisotopic (exact) mass is 377 g/mol. The summed E-state index contributed by atoms with van der Waals surface area (Å²) in [5.41, 5.74) is 0.957. The van der Waals surface area contributed by atoms with Crippen LogP contribution in [-0.2, 0) is 11.2 Å². The molecule has 0 saturated carbocycles. The van der Waals surface area contributed by atoms with E-state index in [0.717, 1.165) is 21.5 Å². The van der Waals surface area contributed by atoms with Gasteiger partial charge in [-0.3, -0.25) is 4.79 Å². The molecule has 2 rings (SSSR count). The minimum atomic E-state index is -0.0213. The summed E-state index contributed by atoms with van der Waals surface area (Å²) >= 11 is 3.39. The number of hydrogen-bond acceptors (Lipinski definition) is 3. The lowest BCUT2D eigenvalue weighted by molar-refractivity contribution is -0.120. The highest BCUT2D eigenvalue weighted by molar-refractivity contribution is 9.10. The average molecular weight is 378 g/mol. The Morgan fingerprint density at radius 3 is 2.57 bits per heavy atom. The highest BCUT2D eigenvalue weighted by Gasteiger charge is 2.03. The number of halogens is 1. The lowest BCUT2D eigenvalue weighted by Gasteiger charge is -2.08. The first-order valence-corrected chi connectivity index (χ1v) is 8.33. The van der Waals surface area contributed by atoms with E-state index in [0.29, 0.717) is 26.2 Å². The van der Waals surface area contributed by atoms with Gasteiger partial charge in [-0.2, -0.15) is 0 Å². The SMILES string of the molecule is CCOc1ccc(CC(=O)NCCOc2cccc(Br)c2)cc1. The van der Waals surface area contributed by atoms with Crippen molar-refractivity contribution in [3.05, 3.63) is 58.6 Å². The third-order valence-corrected chi connectivity index (χ3v) is 3.58. The minimum absolute atomic E-state index is 0.0213. The first kappa shape index (κ1) is 17.3. The van der Waals surface area contributed by atoms with E-state index in [4.69, 9.17) is 9.47 Å². The Kier molecular flexibility index (Phi) is 6.94. The number of hydrogen-bond donors (Lipinski definition) is 1. The van der Waals surface area contributed by atoms with Crippen LogP contribution in [0.15, 0.2) is 53.0 Å². The number of ether oxygens (including phenoxy) is 2. The number of rotatable bonds is 8. The Hall–Kier alpha value is -2.01. The maximum Gasteiger partial charge on any atom is 0.224 e. The molecule has 0 radical (unpaired) electrons. The van der Waals surface area contributed by atoms with Crippen LogP contribution in [0.4, 0.5) is 0 Å². The molecule has 0 aliphatic carbocycles. The van der Waals surface area contributed by atoms with E-state index in [9.17, 15) is 4.79 Å². The number of carbonyl (C=O) groups is 1. The van der Waals surface area contributed by atoms with Gasteiger partial charge in [-0.1, -0.05) is 34.1 Å². The van der Waals surface area contributed by atoms with Crippen molar-refractivity contribution in [3.63, 3.8) is 0 Å². The molecule has 1 amide bonds. The predicted molar refractivity (Wildman–Crippen MR) is 94.0 cm³/mol. The van der Waals surface area contributed by atoms with Crippen molar-refractivity contribution in [1.82, 2.24) is 5.32 Å². The van der Waals surface area contributed by atoms with Gasteiger partial charge in [0.05, 0.1) is 19.6 Å². The van der Waals surface area contributed by atoms with Crippen LogP contribution in [0.1, 0.15) is 12.5 Å². The van der Waals surface area contributed by atoms with Crippen molar-refractivity contribution in [3.8, 4) is 11.5 Å². The van der Waals surface area contributed by atoms with Gasteiger partial charge in [0, 0.05) is 4.47 Å². The van der Waals surface area contributed by atoms with E-state index in [2.05, 4.69) is 21.2 Å². The lowest BCUT2D eigenvalue weighted by atomic mass is 10.1. The summed E-state index contributed by atoms with van der Waals surface area (Å²) < 4.78 is 11.9. The second kappa shape index (κ2) is 9.20. The van der Waals surface area contributed by atoms with E-state index in [1.54, 1.807) is 0 Å². The first-order valence-electron chi connectivity index (χ1n) is 7.54. The highest BCUT2D eigenvalue weighted by Crippen LogP contribution is 2.17. The molecule has 2 aromatic carbocycles. The predicted octanol–water partition coefficient (Wildman–Crippen LogP) is 3.59. The summed E-state index contributed by atoms with van der Waals surface area (Å²) in [5, 5.41) is 2.85. The molecule has 4 nitrogen and oxygen atoms in total. The zero-order chi connectivity index (χ0) is 16.5. The molecule has 0 unspecified atom stereocenters. The normalized spacial score (nSPS) is 10.2. The van der Waals surface area contributed by atoms with Crippen molar-refractivity contribution in [2.75, 3.05) is 19.8 Å². The van der Waals surface area contributed by atoms with Crippen LogP contribution in [0.3, 0.4) is 0 Å². The summed E-state index contributed by atoms with van der Waals surface area (Å²) in [6, 6.07) is 15.2. The molecule has 0 fully saturated rings. The van der Waals surface area contributed by atoms with Gasteiger partial charge in [0.15, 0.2) is 0 Å². The number of carbonyl (C=O) groups excluding carboxylic acids is 1. The lowest BCUT2D eigenvalue weighted by Crippen LogP contribution is -2.29. The van der Waals surface area contributed by atoms with Crippen LogP contribution >= 0.6 is 15.9 Å². The molecule has 122 valence electrons. The molecule has 0 saturated heterocycles.